The number of furan rings is 1. The number of rotatable bonds is 7. The Labute approximate surface area is 458 Å². The smallest absolute Gasteiger partial charge is 0.164 e. The molecule has 0 unspecified atom stereocenters. The molecule has 5 heterocycles. The summed E-state index contributed by atoms with van der Waals surface area (Å²) in [4.78, 5) is 16.6. The van der Waals surface area contributed by atoms with E-state index in [2.05, 4.69) is 268 Å². The molecule has 0 saturated carbocycles. The number of aromatic nitrogens is 6. The van der Waals surface area contributed by atoms with Crippen molar-refractivity contribution in [1.82, 2.24) is 28.7 Å². The highest BCUT2D eigenvalue weighted by Crippen LogP contribution is 2.43. The maximum Gasteiger partial charge on any atom is 0.164 e. The van der Waals surface area contributed by atoms with Crippen LogP contribution in [0.4, 0.5) is 0 Å². The quantitative estimate of drug-likeness (QED) is 0.160. The van der Waals surface area contributed by atoms with Gasteiger partial charge in [-0.3, -0.25) is 0 Å². The Balaban J connectivity index is 0.943. The molecule has 12 aromatic carbocycles. The summed E-state index contributed by atoms with van der Waals surface area (Å²) in [6.45, 7) is 0. The molecule has 0 atom stereocenters. The third kappa shape index (κ3) is 6.77. The monoisotopic (exact) mass is 1020 g/mol. The van der Waals surface area contributed by atoms with Gasteiger partial charge in [0.15, 0.2) is 17.5 Å². The van der Waals surface area contributed by atoms with Crippen LogP contribution in [0.2, 0.25) is 0 Å². The molecular formula is C73H44N6O. The van der Waals surface area contributed by atoms with E-state index in [4.69, 9.17) is 19.4 Å². The Bertz CT molecular complexity index is 5200. The van der Waals surface area contributed by atoms with Gasteiger partial charge in [0.2, 0.25) is 0 Å². The van der Waals surface area contributed by atoms with Gasteiger partial charge in [-0.2, -0.15) is 0 Å². The Hall–Kier alpha value is -10.9. The van der Waals surface area contributed by atoms with Crippen molar-refractivity contribution in [2.45, 2.75) is 0 Å². The predicted molar refractivity (Wildman–Crippen MR) is 329 cm³/mol. The first-order chi connectivity index (χ1) is 39.6. The number of hydrogen-bond donors (Lipinski definition) is 0. The topological polar surface area (TPSA) is 66.6 Å². The SMILES string of the molecule is c1ccc(-n2c3ccccc3c3ccc(-c4nc(-c5ccc6c7ccccc7n(-c7ccccc7)c6c5)nc(-c5ccc(-n6c7ccccc7c7cc8ccccc8cc76)cc5-c5ccc6oc7ccccc7c6c5)n4)cc32)cc1. The summed E-state index contributed by atoms with van der Waals surface area (Å²) in [5, 5.41) is 11.6. The zero-order valence-electron chi connectivity index (χ0n) is 43.0. The van der Waals surface area contributed by atoms with Gasteiger partial charge in [-0.1, -0.05) is 164 Å². The molecule has 0 aliphatic carbocycles. The molecule has 372 valence electrons. The highest BCUT2D eigenvalue weighted by Gasteiger charge is 2.23. The minimum Gasteiger partial charge on any atom is -0.456 e. The molecule has 0 aliphatic rings. The van der Waals surface area contributed by atoms with E-state index < -0.39 is 0 Å². The zero-order chi connectivity index (χ0) is 52.4. The molecule has 80 heavy (non-hydrogen) atoms. The number of hydrogen-bond acceptors (Lipinski definition) is 4. The number of para-hydroxylation sites is 6. The van der Waals surface area contributed by atoms with Gasteiger partial charge < -0.3 is 18.1 Å². The van der Waals surface area contributed by atoms with Crippen LogP contribution in [0.1, 0.15) is 0 Å². The number of nitrogens with zero attached hydrogens (tertiary/aromatic N) is 6. The highest BCUT2D eigenvalue weighted by atomic mass is 16.3. The second-order valence-corrected chi connectivity index (χ2v) is 20.8. The molecule has 0 aliphatic heterocycles. The standard InChI is InChI=1S/C73H44N6O/c1-3-19-50(20-4-1)77-63-27-13-9-23-53(63)56-35-31-48(42-66(56)77)71-74-72(49-32-36-57-54-24-10-14-28-64(54)78(67(57)43-49)51-21-5-2-6-22-51)76-73(75-71)59-37-34-52(44-60(59)47-33-38-70-62(40-47)58-26-12-16-30-69(58)80-70)79-65-29-15-11-25-55(65)61-39-45-17-7-8-18-46(45)41-68(61)79/h1-44H. The second kappa shape index (κ2) is 17.3. The molecule has 5 aromatic heterocycles. The van der Waals surface area contributed by atoms with Crippen molar-refractivity contribution in [3.05, 3.63) is 267 Å². The van der Waals surface area contributed by atoms with Crippen LogP contribution in [0.5, 0.6) is 0 Å². The van der Waals surface area contributed by atoms with Crippen LogP contribution in [-0.4, -0.2) is 28.7 Å². The summed E-state index contributed by atoms with van der Waals surface area (Å²) in [5.74, 6) is 1.70. The molecule has 0 amide bonds. The lowest BCUT2D eigenvalue weighted by molar-refractivity contribution is 0.669. The van der Waals surface area contributed by atoms with Crippen LogP contribution in [0, 0.1) is 0 Å². The van der Waals surface area contributed by atoms with E-state index in [1.807, 2.05) is 12.1 Å². The van der Waals surface area contributed by atoms with Gasteiger partial charge in [0.05, 0.1) is 33.1 Å². The lowest BCUT2D eigenvalue weighted by Crippen LogP contribution is -2.03. The molecule has 0 radical (unpaired) electrons. The van der Waals surface area contributed by atoms with Crippen LogP contribution in [0.25, 0.3) is 160 Å². The number of fused-ring (bicyclic) bond motifs is 13. The van der Waals surface area contributed by atoms with Gasteiger partial charge in [-0.15, -0.1) is 0 Å². The minimum absolute atomic E-state index is 0.560. The minimum atomic E-state index is 0.560. The summed E-state index contributed by atoms with van der Waals surface area (Å²) >= 11 is 0. The Morgan fingerprint density at radius 1 is 0.237 bits per heavy atom. The summed E-state index contributed by atoms with van der Waals surface area (Å²) in [5.41, 5.74) is 16.1. The van der Waals surface area contributed by atoms with E-state index in [0.717, 1.165) is 111 Å². The van der Waals surface area contributed by atoms with Gasteiger partial charge in [0.25, 0.3) is 0 Å². The van der Waals surface area contributed by atoms with Crippen molar-refractivity contribution < 1.29 is 4.42 Å². The van der Waals surface area contributed by atoms with Crippen LogP contribution >= 0.6 is 0 Å². The Kier molecular flexibility index (Phi) is 9.58. The molecule has 17 rings (SSSR count). The van der Waals surface area contributed by atoms with Crippen LogP contribution in [0.3, 0.4) is 0 Å². The average Bonchev–Trinajstić information content (AvgIpc) is 4.46. The molecule has 17 aromatic rings. The van der Waals surface area contributed by atoms with E-state index in [0.29, 0.717) is 17.5 Å². The fraction of sp³-hybridized carbons (Fsp3) is 0. The molecule has 7 nitrogen and oxygen atoms in total. The van der Waals surface area contributed by atoms with Crippen LogP contribution in [0.15, 0.2) is 271 Å². The van der Waals surface area contributed by atoms with Gasteiger partial charge >= 0.3 is 0 Å². The third-order valence-corrected chi connectivity index (χ3v) is 16.3. The molecular weight excluding hydrogens is 977 g/mol. The first kappa shape index (κ1) is 44.3. The zero-order valence-corrected chi connectivity index (χ0v) is 43.0. The maximum atomic E-state index is 6.43. The van der Waals surface area contributed by atoms with E-state index in [-0.39, 0.29) is 0 Å². The molecule has 0 saturated heterocycles. The van der Waals surface area contributed by atoms with Crippen molar-refractivity contribution in [2.75, 3.05) is 0 Å². The summed E-state index contributed by atoms with van der Waals surface area (Å²) < 4.78 is 13.5. The Morgan fingerprint density at radius 3 is 1.30 bits per heavy atom. The largest absolute Gasteiger partial charge is 0.456 e. The lowest BCUT2D eigenvalue weighted by atomic mass is 9.96. The molecule has 0 spiro atoms. The van der Waals surface area contributed by atoms with Gasteiger partial charge in [-0.05, 0) is 125 Å². The first-order valence-electron chi connectivity index (χ1n) is 27.1. The van der Waals surface area contributed by atoms with Gasteiger partial charge in [0.1, 0.15) is 11.2 Å². The fourth-order valence-electron chi connectivity index (χ4n) is 12.6. The van der Waals surface area contributed by atoms with Crippen LogP contribution < -0.4 is 0 Å². The van der Waals surface area contributed by atoms with Crippen molar-refractivity contribution in [3.63, 3.8) is 0 Å². The van der Waals surface area contributed by atoms with E-state index in [1.54, 1.807) is 0 Å². The predicted octanol–water partition coefficient (Wildman–Crippen LogP) is 18.9. The summed E-state index contributed by atoms with van der Waals surface area (Å²) in [7, 11) is 0. The second-order valence-electron chi connectivity index (χ2n) is 20.8. The van der Waals surface area contributed by atoms with Crippen LogP contribution in [-0.2, 0) is 0 Å². The normalized spacial score (nSPS) is 12.0. The lowest BCUT2D eigenvalue weighted by Gasteiger charge is -2.16. The first-order valence-corrected chi connectivity index (χ1v) is 27.1. The van der Waals surface area contributed by atoms with E-state index >= 15 is 0 Å². The summed E-state index contributed by atoms with van der Waals surface area (Å²) in [6.07, 6.45) is 0. The molecule has 0 bridgehead atoms. The molecule has 0 fully saturated rings. The number of benzene rings is 12. The molecule has 7 heteroatoms. The van der Waals surface area contributed by atoms with Gasteiger partial charge in [-0.25, -0.2) is 15.0 Å². The average molecular weight is 1020 g/mol. The van der Waals surface area contributed by atoms with Crippen molar-refractivity contribution in [1.29, 1.82) is 0 Å². The van der Waals surface area contributed by atoms with Crippen molar-refractivity contribution >= 4 is 98.1 Å². The van der Waals surface area contributed by atoms with Crippen molar-refractivity contribution in [3.8, 4) is 62.4 Å². The molecule has 0 N–H and O–H groups in total. The maximum absolute atomic E-state index is 6.43. The summed E-state index contributed by atoms with van der Waals surface area (Å²) in [6, 6.07) is 95.2. The van der Waals surface area contributed by atoms with E-state index in [1.165, 1.54) is 32.3 Å². The van der Waals surface area contributed by atoms with Crippen molar-refractivity contribution in [2.24, 2.45) is 0 Å². The third-order valence-electron chi connectivity index (χ3n) is 16.3. The highest BCUT2D eigenvalue weighted by molar-refractivity contribution is 6.15. The fourth-order valence-corrected chi connectivity index (χ4v) is 12.6. The van der Waals surface area contributed by atoms with Gasteiger partial charge in [0, 0.05) is 76.8 Å². The van der Waals surface area contributed by atoms with E-state index in [9.17, 15) is 0 Å². The Morgan fingerprint density at radius 2 is 0.688 bits per heavy atom.